The predicted molar refractivity (Wildman–Crippen MR) is 125 cm³/mol. The molecule has 0 saturated carbocycles. The first kappa shape index (κ1) is 24.5. The molecule has 4 atom stereocenters. The summed E-state index contributed by atoms with van der Waals surface area (Å²) in [5.41, 5.74) is 2.80. The molecule has 3 aromatic carbocycles. The molecular formula is C26H28O7S. The maximum Gasteiger partial charge on any atom is 0.297 e. The maximum atomic E-state index is 12.9. The van der Waals surface area contributed by atoms with Gasteiger partial charge in [-0.25, -0.2) is 0 Å². The first-order valence-corrected chi connectivity index (χ1v) is 12.4. The SMILES string of the molecule is Cc1ccc(S(=O)(=O)O[C@@H]2[C@@H](OCc3ccccc3)[C@@H](COCc3ccccc3)O[C@@H]2O)cc1. The van der Waals surface area contributed by atoms with E-state index in [4.69, 9.17) is 18.4 Å². The zero-order valence-electron chi connectivity index (χ0n) is 18.8. The van der Waals surface area contributed by atoms with Gasteiger partial charge in [-0.3, -0.25) is 4.18 Å². The van der Waals surface area contributed by atoms with Crippen LogP contribution in [0.5, 0.6) is 0 Å². The third kappa shape index (κ3) is 6.29. The van der Waals surface area contributed by atoms with Gasteiger partial charge in [-0.2, -0.15) is 8.42 Å². The van der Waals surface area contributed by atoms with Gasteiger partial charge in [0.15, 0.2) is 12.4 Å². The Morgan fingerprint density at radius 2 is 1.41 bits per heavy atom. The number of aliphatic hydroxyl groups is 1. The van der Waals surface area contributed by atoms with Crippen molar-refractivity contribution >= 4 is 10.1 Å². The van der Waals surface area contributed by atoms with Crippen molar-refractivity contribution in [1.29, 1.82) is 0 Å². The summed E-state index contributed by atoms with van der Waals surface area (Å²) in [7, 11) is -4.16. The quantitative estimate of drug-likeness (QED) is 0.440. The van der Waals surface area contributed by atoms with Crippen molar-refractivity contribution in [2.24, 2.45) is 0 Å². The van der Waals surface area contributed by atoms with E-state index < -0.39 is 34.7 Å². The molecule has 1 aliphatic rings. The van der Waals surface area contributed by atoms with Gasteiger partial charge in [-0.1, -0.05) is 78.4 Å². The van der Waals surface area contributed by atoms with Gasteiger partial charge in [0.2, 0.25) is 0 Å². The van der Waals surface area contributed by atoms with Crippen molar-refractivity contribution in [3.05, 3.63) is 102 Å². The highest BCUT2D eigenvalue weighted by atomic mass is 32.2. The van der Waals surface area contributed by atoms with Gasteiger partial charge in [0.25, 0.3) is 10.1 Å². The van der Waals surface area contributed by atoms with Crippen LogP contribution in [0.4, 0.5) is 0 Å². The Hall–Kier alpha value is -2.59. The van der Waals surface area contributed by atoms with Gasteiger partial charge in [-0.15, -0.1) is 0 Å². The fourth-order valence-corrected chi connectivity index (χ4v) is 4.76. The van der Waals surface area contributed by atoms with Crippen LogP contribution in [-0.2, 0) is 41.7 Å². The smallest absolute Gasteiger partial charge is 0.297 e. The van der Waals surface area contributed by atoms with E-state index in [0.717, 1.165) is 16.7 Å². The Balaban J connectivity index is 1.48. The standard InChI is InChI=1S/C26H28O7S/c1-19-12-14-22(15-13-19)34(28,29)33-25-24(31-17-21-10-6-3-7-11-21)23(32-26(25)27)18-30-16-20-8-4-2-5-9-20/h2-15,23-27H,16-18H2,1H3/t23-,24+,25-,26+/m1/s1. The van der Waals surface area contributed by atoms with Crippen LogP contribution in [0.1, 0.15) is 16.7 Å². The average molecular weight is 485 g/mol. The minimum absolute atomic E-state index is 0.00381. The first-order chi connectivity index (χ1) is 16.4. The first-order valence-electron chi connectivity index (χ1n) is 11.0. The summed E-state index contributed by atoms with van der Waals surface area (Å²) in [4.78, 5) is -0.00381. The molecule has 3 aromatic rings. The molecule has 0 aliphatic carbocycles. The lowest BCUT2D eigenvalue weighted by Crippen LogP contribution is -2.40. The molecule has 1 fully saturated rings. The molecule has 180 valence electrons. The Morgan fingerprint density at radius 1 is 0.824 bits per heavy atom. The highest BCUT2D eigenvalue weighted by Gasteiger charge is 2.48. The van der Waals surface area contributed by atoms with Crippen molar-refractivity contribution in [2.45, 2.75) is 49.6 Å². The predicted octanol–water partition coefficient (Wildman–Crippen LogP) is 3.59. The number of hydrogen-bond donors (Lipinski definition) is 1. The molecule has 4 rings (SSSR count). The lowest BCUT2D eigenvalue weighted by atomic mass is 10.1. The number of hydrogen-bond acceptors (Lipinski definition) is 7. The number of aliphatic hydroxyl groups excluding tert-OH is 1. The summed E-state index contributed by atoms with van der Waals surface area (Å²) < 4.78 is 48.7. The summed E-state index contributed by atoms with van der Waals surface area (Å²) in [6.07, 6.45) is -4.33. The highest BCUT2D eigenvalue weighted by molar-refractivity contribution is 7.86. The zero-order valence-corrected chi connectivity index (χ0v) is 19.6. The molecule has 0 amide bonds. The van der Waals surface area contributed by atoms with Crippen LogP contribution in [0.2, 0.25) is 0 Å². The van der Waals surface area contributed by atoms with E-state index in [9.17, 15) is 13.5 Å². The second-order valence-corrected chi connectivity index (χ2v) is 9.73. The van der Waals surface area contributed by atoms with E-state index >= 15 is 0 Å². The Kier molecular flexibility index (Phi) is 8.10. The van der Waals surface area contributed by atoms with Crippen molar-refractivity contribution < 1.29 is 31.9 Å². The lowest BCUT2D eigenvalue weighted by Gasteiger charge is -2.23. The summed E-state index contributed by atoms with van der Waals surface area (Å²) >= 11 is 0. The molecule has 1 aliphatic heterocycles. The maximum absolute atomic E-state index is 12.9. The van der Waals surface area contributed by atoms with E-state index in [1.807, 2.05) is 67.6 Å². The molecule has 0 bridgehead atoms. The molecule has 1 heterocycles. The topological polar surface area (TPSA) is 91.3 Å². The number of benzene rings is 3. The molecule has 0 unspecified atom stereocenters. The van der Waals surface area contributed by atoms with Gasteiger partial charge in [0.1, 0.15) is 12.2 Å². The van der Waals surface area contributed by atoms with Gasteiger partial charge < -0.3 is 19.3 Å². The molecule has 0 spiro atoms. The van der Waals surface area contributed by atoms with Crippen LogP contribution in [-0.4, -0.2) is 44.7 Å². The average Bonchev–Trinajstić information content (AvgIpc) is 3.12. The van der Waals surface area contributed by atoms with Gasteiger partial charge >= 0.3 is 0 Å². The van der Waals surface area contributed by atoms with E-state index in [0.29, 0.717) is 6.61 Å². The fraction of sp³-hybridized carbons (Fsp3) is 0.308. The lowest BCUT2D eigenvalue weighted by molar-refractivity contribution is -0.133. The van der Waals surface area contributed by atoms with Gasteiger partial charge in [-0.05, 0) is 30.2 Å². The number of aryl methyl sites for hydroxylation is 1. The Morgan fingerprint density at radius 3 is 2.03 bits per heavy atom. The van der Waals surface area contributed by atoms with Crippen molar-refractivity contribution in [3.8, 4) is 0 Å². The third-order valence-corrected chi connectivity index (χ3v) is 6.84. The van der Waals surface area contributed by atoms with Crippen LogP contribution < -0.4 is 0 Å². The van der Waals surface area contributed by atoms with Crippen molar-refractivity contribution in [2.75, 3.05) is 6.61 Å². The Labute approximate surface area is 200 Å². The number of rotatable bonds is 10. The van der Waals surface area contributed by atoms with E-state index in [1.54, 1.807) is 12.1 Å². The third-order valence-electron chi connectivity index (χ3n) is 5.51. The van der Waals surface area contributed by atoms with Crippen LogP contribution in [0.3, 0.4) is 0 Å². The van der Waals surface area contributed by atoms with Crippen molar-refractivity contribution in [1.82, 2.24) is 0 Å². The minimum Gasteiger partial charge on any atom is -0.374 e. The monoisotopic (exact) mass is 484 g/mol. The molecular weight excluding hydrogens is 456 g/mol. The molecule has 1 saturated heterocycles. The molecule has 7 nitrogen and oxygen atoms in total. The zero-order chi connectivity index (χ0) is 24.0. The highest BCUT2D eigenvalue weighted by Crippen LogP contribution is 2.30. The Bertz CT molecular complexity index is 1130. The van der Waals surface area contributed by atoms with Crippen LogP contribution >= 0.6 is 0 Å². The normalized spacial score (nSPS) is 22.6. The minimum atomic E-state index is -4.16. The summed E-state index contributed by atoms with van der Waals surface area (Å²) in [5, 5.41) is 10.6. The van der Waals surface area contributed by atoms with Crippen LogP contribution in [0.25, 0.3) is 0 Å². The molecule has 0 aromatic heterocycles. The molecule has 8 heteroatoms. The fourth-order valence-electron chi connectivity index (χ4n) is 3.69. The molecule has 0 radical (unpaired) electrons. The summed E-state index contributed by atoms with van der Waals surface area (Å²) in [5.74, 6) is 0. The second-order valence-electron chi connectivity index (χ2n) is 8.16. The van der Waals surface area contributed by atoms with Crippen molar-refractivity contribution in [3.63, 3.8) is 0 Å². The van der Waals surface area contributed by atoms with Crippen LogP contribution in [0.15, 0.2) is 89.8 Å². The summed E-state index contributed by atoms with van der Waals surface area (Å²) in [6.45, 7) is 2.49. The largest absolute Gasteiger partial charge is 0.374 e. The van der Waals surface area contributed by atoms with E-state index in [1.165, 1.54) is 12.1 Å². The van der Waals surface area contributed by atoms with Gasteiger partial charge in [0, 0.05) is 0 Å². The molecule has 1 N–H and O–H groups in total. The van der Waals surface area contributed by atoms with E-state index in [-0.39, 0.29) is 18.1 Å². The second kappa shape index (κ2) is 11.2. The molecule has 34 heavy (non-hydrogen) atoms. The van der Waals surface area contributed by atoms with Gasteiger partial charge in [0.05, 0.1) is 24.7 Å². The number of ether oxygens (including phenoxy) is 3. The summed E-state index contributed by atoms with van der Waals surface area (Å²) in [6, 6.07) is 25.4. The van der Waals surface area contributed by atoms with E-state index in [2.05, 4.69) is 0 Å². The van der Waals surface area contributed by atoms with Crippen LogP contribution in [0, 0.1) is 6.92 Å².